The molecule has 1 aliphatic rings. The third-order valence-corrected chi connectivity index (χ3v) is 2.65. The lowest BCUT2D eigenvalue weighted by molar-refractivity contribution is 0.817. The molecule has 1 heteroatoms. The highest BCUT2D eigenvalue weighted by Gasteiger charge is 2.14. The molecule has 0 fully saturated rings. The lowest BCUT2D eigenvalue weighted by Crippen LogP contribution is -1.91. The molecule has 1 aromatic rings. The van der Waals surface area contributed by atoms with Crippen LogP contribution in [0.25, 0.3) is 6.08 Å². The van der Waals surface area contributed by atoms with Crippen LogP contribution in [-0.2, 0) is 0 Å². The van der Waals surface area contributed by atoms with Gasteiger partial charge in [-0.15, -0.1) is 0 Å². The highest BCUT2D eigenvalue weighted by molar-refractivity contribution is 6.08. The van der Waals surface area contributed by atoms with E-state index in [4.69, 9.17) is 0 Å². The predicted octanol–water partition coefficient (Wildman–Crippen LogP) is 2.77. The van der Waals surface area contributed by atoms with Crippen molar-refractivity contribution in [1.29, 1.82) is 0 Å². The zero-order valence-corrected chi connectivity index (χ0v) is 7.96. The molecule has 0 bridgehead atoms. The number of allylic oxidation sites excluding steroid dienone is 1. The number of benzene rings is 1. The van der Waals surface area contributed by atoms with Crippen LogP contribution in [0.2, 0.25) is 6.04 Å². The van der Waals surface area contributed by atoms with Crippen molar-refractivity contribution >= 4 is 16.3 Å². The molecule has 0 N–H and O–H groups in total. The third-order valence-electron chi connectivity index (χ3n) is 2.36. The van der Waals surface area contributed by atoms with Gasteiger partial charge >= 0.3 is 0 Å². The van der Waals surface area contributed by atoms with Crippen molar-refractivity contribution in [3.05, 3.63) is 41.5 Å². The summed E-state index contributed by atoms with van der Waals surface area (Å²) in [5, 5.41) is 0. The summed E-state index contributed by atoms with van der Waals surface area (Å²) in [7, 11) is 3.52. The first-order valence-corrected chi connectivity index (χ1v) is 5.04. The summed E-state index contributed by atoms with van der Waals surface area (Å²) in [6.07, 6.45) is 5.72. The van der Waals surface area contributed by atoms with Crippen molar-refractivity contribution in [2.75, 3.05) is 0 Å². The molecule has 3 radical (unpaired) electrons. The first-order chi connectivity index (χ1) is 5.92. The summed E-state index contributed by atoms with van der Waals surface area (Å²) in [5.41, 5.74) is 2.87. The fourth-order valence-electron chi connectivity index (χ4n) is 1.73. The van der Waals surface area contributed by atoms with Crippen LogP contribution in [0, 0.1) is 0 Å². The Bertz CT molecular complexity index is 302. The van der Waals surface area contributed by atoms with Crippen molar-refractivity contribution in [1.82, 2.24) is 0 Å². The largest absolute Gasteiger partial charge is 0.0764 e. The Morgan fingerprint density at radius 2 is 2.08 bits per heavy atom. The summed E-state index contributed by atoms with van der Waals surface area (Å²) in [6.45, 7) is 0. The molecule has 1 aromatic carbocycles. The SMILES string of the molecule is [Si]CCC1C=Cc2ccccc21. The first-order valence-electron chi connectivity index (χ1n) is 4.33. The van der Waals surface area contributed by atoms with Crippen LogP contribution in [0.5, 0.6) is 0 Å². The molecule has 1 atom stereocenters. The summed E-state index contributed by atoms with van der Waals surface area (Å²) < 4.78 is 0. The van der Waals surface area contributed by atoms with E-state index in [-0.39, 0.29) is 0 Å². The maximum Gasteiger partial charge on any atom is 0.0222 e. The molecular formula is C11H11Si. The molecular weight excluding hydrogens is 160 g/mol. The van der Waals surface area contributed by atoms with Gasteiger partial charge < -0.3 is 0 Å². The Balaban J connectivity index is 2.30. The van der Waals surface area contributed by atoms with Crippen LogP contribution in [-0.4, -0.2) is 10.2 Å². The fraction of sp³-hybridized carbons (Fsp3) is 0.273. The van der Waals surface area contributed by atoms with Crippen LogP contribution in [0.1, 0.15) is 23.5 Å². The number of hydrogen-bond acceptors (Lipinski definition) is 0. The summed E-state index contributed by atoms with van der Waals surface area (Å²) in [4.78, 5) is 0. The average Bonchev–Trinajstić information content (AvgIpc) is 2.50. The van der Waals surface area contributed by atoms with Gasteiger partial charge in [-0.1, -0.05) is 42.5 Å². The van der Waals surface area contributed by atoms with E-state index in [1.54, 1.807) is 0 Å². The molecule has 0 amide bonds. The molecule has 0 saturated heterocycles. The number of rotatable bonds is 2. The molecule has 0 spiro atoms. The van der Waals surface area contributed by atoms with Gasteiger partial charge in [-0.25, -0.2) is 0 Å². The minimum absolute atomic E-state index is 0.638. The second-order valence-corrected chi connectivity index (χ2v) is 3.63. The van der Waals surface area contributed by atoms with Gasteiger partial charge in [0.1, 0.15) is 0 Å². The van der Waals surface area contributed by atoms with Crippen LogP contribution in [0.15, 0.2) is 30.3 Å². The van der Waals surface area contributed by atoms with E-state index in [0.717, 1.165) is 6.04 Å². The zero-order chi connectivity index (χ0) is 8.39. The smallest absolute Gasteiger partial charge is 0.0222 e. The lowest BCUT2D eigenvalue weighted by Gasteiger charge is -2.08. The molecule has 2 rings (SSSR count). The fourth-order valence-corrected chi connectivity index (χ4v) is 2.04. The molecule has 0 aliphatic heterocycles. The third kappa shape index (κ3) is 1.25. The van der Waals surface area contributed by atoms with Crippen LogP contribution in [0.3, 0.4) is 0 Å². The van der Waals surface area contributed by atoms with Crippen molar-refractivity contribution < 1.29 is 0 Å². The summed E-state index contributed by atoms with van der Waals surface area (Å²) >= 11 is 0. The summed E-state index contributed by atoms with van der Waals surface area (Å²) in [5.74, 6) is 0.638. The maximum absolute atomic E-state index is 3.52. The van der Waals surface area contributed by atoms with E-state index in [1.165, 1.54) is 17.5 Å². The molecule has 1 aliphatic carbocycles. The van der Waals surface area contributed by atoms with Crippen molar-refractivity contribution in [3.63, 3.8) is 0 Å². The topological polar surface area (TPSA) is 0 Å². The van der Waals surface area contributed by atoms with Gasteiger partial charge in [-0.2, -0.15) is 0 Å². The molecule has 12 heavy (non-hydrogen) atoms. The van der Waals surface area contributed by atoms with Crippen molar-refractivity contribution in [2.45, 2.75) is 18.4 Å². The molecule has 0 aromatic heterocycles. The van der Waals surface area contributed by atoms with Gasteiger partial charge in [0.05, 0.1) is 0 Å². The van der Waals surface area contributed by atoms with E-state index in [2.05, 4.69) is 46.7 Å². The Morgan fingerprint density at radius 1 is 1.25 bits per heavy atom. The van der Waals surface area contributed by atoms with Crippen molar-refractivity contribution in [2.24, 2.45) is 0 Å². The van der Waals surface area contributed by atoms with Gasteiger partial charge in [0.25, 0.3) is 0 Å². The lowest BCUT2D eigenvalue weighted by atomic mass is 9.99. The molecule has 0 nitrogen and oxygen atoms in total. The highest BCUT2D eigenvalue weighted by atomic mass is 28.1. The molecule has 0 heterocycles. The summed E-state index contributed by atoms with van der Waals surface area (Å²) in [6, 6.07) is 9.69. The van der Waals surface area contributed by atoms with E-state index >= 15 is 0 Å². The molecule has 1 unspecified atom stereocenters. The minimum Gasteiger partial charge on any atom is -0.0764 e. The van der Waals surface area contributed by atoms with Gasteiger partial charge in [0.15, 0.2) is 0 Å². The highest BCUT2D eigenvalue weighted by Crippen LogP contribution is 2.32. The predicted molar refractivity (Wildman–Crippen MR) is 53.4 cm³/mol. The van der Waals surface area contributed by atoms with Crippen molar-refractivity contribution in [3.8, 4) is 0 Å². The average molecular weight is 171 g/mol. The normalized spacial score (nSPS) is 19.6. The number of hydrogen-bond donors (Lipinski definition) is 0. The monoisotopic (exact) mass is 171 g/mol. The zero-order valence-electron chi connectivity index (χ0n) is 6.96. The standard InChI is InChI=1S/C11H11Si/c12-8-7-10-6-5-9-3-1-2-4-11(9)10/h1-6,10H,7-8H2. The van der Waals surface area contributed by atoms with E-state index in [0.29, 0.717) is 5.92 Å². The second kappa shape index (κ2) is 3.28. The van der Waals surface area contributed by atoms with Crippen LogP contribution >= 0.6 is 0 Å². The van der Waals surface area contributed by atoms with E-state index < -0.39 is 0 Å². The minimum atomic E-state index is 0.638. The van der Waals surface area contributed by atoms with Gasteiger partial charge in [-0.3, -0.25) is 0 Å². The second-order valence-electron chi connectivity index (χ2n) is 3.13. The molecule has 59 valence electrons. The first kappa shape index (κ1) is 7.81. The Labute approximate surface area is 76.7 Å². The Hall–Kier alpha value is -0.823. The van der Waals surface area contributed by atoms with Gasteiger partial charge in [-0.05, 0) is 17.5 Å². The van der Waals surface area contributed by atoms with E-state index in [9.17, 15) is 0 Å². The maximum atomic E-state index is 3.52. The van der Waals surface area contributed by atoms with E-state index in [1.807, 2.05) is 0 Å². The Kier molecular flexibility index (Phi) is 2.13. The Morgan fingerprint density at radius 3 is 2.92 bits per heavy atom. The van der Waals surface area contributed by atoms with Gasteiger partial charge in [0.2, 0.25) is 0 Å². The quantitative estimate of drug-likeness (QED) is 0.600. The van der Waals surface area contributed by atoms with Crippen LogP contribution in [0.4, 0.5) is 0 Å². The van der Waals surface area contributed by atoms with Crippen LogP contribution < -0.4 is 0 Å². The molecule has 0 saturated carbocycles. The number of fused-ring (bicyclic) bond motifs is 1. The van der Waals surface area contributed by atoms with Gasteiger partial charge in [0, 0.05) is 16.2 Å².